The van der Waals surface area contributed by atoms with Crippen molar-refractivity contribution in [2.75, 3.05) is 31.1 Å². The number of hydrogen-bond donors (Lipinski definition) is 1. The summed E-state index contributed by atoms with van der Waals surface area (Å²) in [5.74, 6) is 1.40. The van der Waals surface area contributed by atoms with Crippen molar-refractivity contribution in [3.05, 3.63) is 23.2 Å². The molecule has 5 atom stereocenters. The maximum atomic E-state index is 13.7. The van der Waals surface area contributed by atoms with Gasteiger partial charge < -0.3 is 10.6 Å². The van der Waals surface area contributed by atoms with Crippen molar-refractivity contribution in [1.29, 1.82) is 0 Å². The molecule has 0 radical (unpaired) electrons. The van der Waals surface area contributed by atoms with Crippen LogP contribution in [0.15, 0.2) is 18.2 Å². The highest BCUT2D eigenvalue weighted by Crippen LogP contribution is 2.57. The second-order valence-electron chi connectivity index (χ2n) is 9.31. The first-order valence-electron chi connectivity index (χ1n) is 9.80. The fourth-order valence-corrected chi connectivity index (χ4v) is 6.61. The molecule has 1 aromatic carbocycles. The van der Waals surface area contributed by atoms with Crippen molar-refractivity contribution in [2.24, 2.45) is 23.0 Å². The molecule has 3 saturated heterocycles. The lowest BCUT2D eigenvalue weighted by atomic mass is 9.79. The number of benzene rings is 1. The molecule has 6 rings (SSSR count). The number of urea groups is 2. The van der Waals surface area contributed by atoms with Crippen molar-refractivity contribution < 1.29 is 9.59 Å². The molecule has 1 saturated carbocycles. The summed E-state index contributed by atoms with van der Waals surface area (Å²) in [4.78, 5) is 30.8. The number of amides is 4. The molecule has 4 aliphatic heterocycles. The van der Waals surface area contributed by atoms with Crippen LogP contribution in [0.25, 0.3) is 0 Å². The Labute approximate surface area is 164 Å². The fraction of sp³-hybridized carbons (Fsp3) is 0.600. The van der Waals surface area contributed by atoms with E-state index in [0.717, 1.165) is 38.2 Å². The summed E-state index contributed by atoms with van der Waals surface area (Å²) in [6.45, 7) is 7.65. The normalized spacial score (nSPS) is 38.9. The number of imide groups is 1. The number of carbonyl (C=O) groups excluding carboxylic acids is 2. The fourth-order valence-electron chi connectivity index (χ4n) is 6.45. The third-order valence-electron chi connectivity index (χ3n) is 7.21. The summed E-state index contributed by atoms with van der Waals surface area (Å²) in [6, 6.07) is 4.48. The van der Waals surface area contributed by atoms with Crippen molar-refractivity contribution in [3.8, 4) is 0 Å². The summed E-state index contributed by atoms with van der Waals surface area (Å²) >= 11 is 6.28. The lowest BCUT2D eigenvalue weighted by molar-refractivity contribution is 0.0784. The number of quaternary nitrogens is 1. The van der Waals surface area contributed by atoms with Gasteiger partial charge in [-0.3, -0.25) is 4.90 Å². The van der Waals surface area contributed by atoms with Crippen LogP contribution in [-0.4, -0.2) is 49.2 Å². The van der Waals surface area contributed by atoms with Crippen LogP contribution >= 0.6 is 11.6 Å². The molecular weight excluding hydrogens is 364 g/mol. The molecule has 144 valence electrons. The number of carbonyl (C=O) groups is 2. The summed E-state index contributed by atoms with van der Waals surface area (Å²) in [6.07, 6.45) is 2.18. The Morgan fingerprint density at radius 3 is 2.56 bits per heavy atom. The zero-order chi connectivity index (χ0) is 19.1. The number of hydrogen-bond acceptors (Lipinski definition) is 3. The third kappa shape index (κ3) is 2.20. The first-order valence-corrected chi connectivity index (χ1v) is 10.2. The van der Waals surface area contributed by atoms with E-state index in [-0.39, 0.29) is 17.5 Å². The molecule has 1 aliphatic carbocycles. The quantitative estimate of drug-likeness (QED) is 0.805. The number of nitrogens with zero attached hydrogens (tertiary/aromatic N) is 3. The number of halogens is 1. The van der Waals surface area contributed by atoms with Gasteiger partial charge in [-0.15, -0.1) is 4.48 Å². The van der Waals surface area contributed by atoms with Gasteiger partial charge in [0.05, 0.1) is 0 Å². The summed E-state index contributed by atoms with van der Waals surface area (Å²) in [5, 5.41) is 0.521. The van der Waals surface area contributed by atoms with Gasteiger partial charge in [-0.1, -0.05) is 11.6 Å². The molecule has 0 spiro atoms. The molecule has 27 heavy (non-hydrogen) atoms. The molecule has 4 bridgehead atoms. The zero-order valence-corrected chi connectivity index (χ0v) is 16.6. The topological polar surface area (TPSA) is 66.6 Å². The van der Waals surface area contributed by atoms with Crippen molar-refractivity contribution >= 4 is 35.0 Å². The minimum atomic E-state index is -0.598. The third-order valence-corrected chi connectivity index (χ3v) is 7.44. The number of rotatable bonds is 3. The highest BCUT2D eigenvalue weighted by atomic mass is 35.5. The minimum Gasteiger partial charge on any atom is -0.318 e. The molecule has 4 unspecified atom stereocenters. The summed E-state index contributed by atoms with van der Waals surface area (Å²) in [5.41, 5.74) is 7.34. The van der Waals surface area contributed by atoms with Gasteiger partial charge in [0, 0.05) is 42.2 Å². The number of fused-ring (bicyclic) bond motifs is 1. The molecule has 5 aliphatic rings. The van der Waals surface area contributed by atoms with Crippen LogP contribution in [0.3, 0.4) is 0 Å². The molecule has 2 N–H and O–H groups in total. The maximum absolute atomic E-state index is 13.7. The van der Waals surface area contributed by atoms with Crippen LogP contribution in [-0.2, 0) is 0 Å². The standard InChI is InChI=1S/C20H25ClN4O2/c1-12(2)24-16-4-3-15(21)5-17(16)25(18(22)26,19(24)27)11-20-6-13-8-23(10-20)9-14(13)7-20/h3-5,12-14H,6-11H2,1-2H3,(H-,22,26)/p+1/t13-,14?,20?,25?/m1/s1. The van der Waals surface area contributed by atoms with E-state index in [4.69, 9.17) is 17.3 Å². The van der Waals surface area contributed by atoms with Crippen LogP contribution in [0.1, 0.15) is 26.7 Å². The first kappa shape index (κ1) is 17.5. The summed E-state index contributed by atoms with van der Waals surface area (Å²) < 4.78 is -0.429. The van der Waals surface area contributed by atoms with Crippen molar-refractivity contribution in [1.82, 2.24) is 9.38 Å². The number of piperidine rings is 2. The number of nitrogens with two attached hydrogens (primary N) is 1. The Bertz CT molecular complexity index is 837. The molecule has 6 nitrogen and oxygen atoms in total. The van der Waals surface area contributed by atoms with Crippen LogP contribution in [0.4, 0.5) is 21.0 Å². The average molecular weight is 390 g/mol. The van der Waals surface area contributed by atoms with Crippen LogP contribution in [0.2, 0.25) is 5.02 Å². The Morgan fingerprint density at radius 2 is 2.00 bits per heavy atom. The molecule has 4 fully saturated rings. The second-order valence-corrected chi connectivity index (χ2v) is 9.74. The van der Waals surface area contributed by atoms with E-state index >= 15 is 0 Å². The van der Waals surface area contributed by atoms with Gasteiger partial charge in [0.25, 0.3) is 0 Å². The van der Waals surface area contributed by atoms with Crippen LogP contribution in [0.5, 0.6) is 0 Å². The van der Waals surface area contributed by atoms with Gasteiger partial charge >= 0.3 is 12.1 Å². The van der Waals surface area contributed by atoms with Gasteiger partial charge in [0.15, 0.2) is 5.69 Å². The van der Waals surface area contributed by atoms with Gasteiger partial charge in [-0.2, -0.15) is 0 Å². The second kappa shape index (κ2) is 5.46. The van der Waals surface area contributed by atoms with Gasteiger partial charge in [-0.05, 0) is 50.7 Å². The van der Waals surface area contributed by atoms with Crippen LogP contribution < -0.4 is 15.1 Å². The average Bonchev–Trinajstić information content (AvgIpc) is 3.09. The zero-order valence-electron chi connectivity index (χ0n) is 15.8. The molecular formula is C20H26ClN4O2+. The Morgan fingerprint density at radius 1 is 1.33 bits per heavy atom. The predicted molar refractivity (Wildman–Crippen MR) is 106 cm³/mol. The highest BCUT2D eigenvalue weighted by Gasteiger charge is 2.65. The van der Waals surface area contributed by atoms with Gasteiger partial charge in [0.2, 0.25) is 0 Å². The van der Waals surface area contributed by atoms with E-state index in [1.807, 2.05) is 19.9 Å². The van der Waals surface area contributed by atoms with Crippen molar-refractivity contribution in [2.45, 2.75) is 32.7 Å². The summed E-state index contributed by atoms with van der Waals surface area (Å²) in [7, 11) is 0. The van der Waals surface area contributed by atoms with Crippen LogP contribution in [0, 0.1) is 17.3 Å². The van der Waals surface area contributed by atoms with E-state index in [1.54, 1.807) is 17.0 Å². The largest absolute Gasteiger partial charge is 0.438 e. The molecule has 4 heterocycles. The van der Waals surface area contributed by atoms with E-state index in [2.05, 4.69) is 4.90 Å². The minimum absolute atomic E-state index is 0.0247. The van der Waals surface area contributed by atoms with E-state index < -0.39 is 10.5 Å². The van der Waals surface area contributed by atoms with Crippen molar-refractivity contribution in [3.63, 3.8) is 0 Å². The monoisotopic (exact) mass is 389 g/mol. The van der Waals surface area contributed by atoms with E-state index in [1.165, 1.54) is 0 Å². The Kier molecular flexibility index (Phi) is 3.53. The predicted octanol–water partition coefficient (Wildman–Crippen LogP) is 3.42. The number of anilines is 1. The highest BCUT2D eigenvalue weighted by molar-refractivity contribution is 6.32. The lowest BCUT2D eigenvalue weighted by Gasteiger charge is -2.43. The Hall–Kier alpha value is -1.63. The molecule has 7 heteroatoms. The van der Waals surface area contributed by atoms with E-state index in [9.17, 15) is 9.59 Å². The lowest BCUT2D eigenvalue weighted by Crippen LogP contribution is -2.67. The Balaban J connectivity index is 1.64. The molecule has 4 amide bonds. The SMILES string of the molecule is CC(C)N1C(=O)[N+](CC23CC4CN(C[C@H]4C2)C3)(C(N)=O)c2cc(Cl)ccc21. The van der Waals surface area contributed by atoms with E-state index in [0.29, 0.717) is 29.1 Å². The van der Waals surface area contributed by atoms with Gasteiger partial charge in [-0.25, -0.2) is 9.59 Å². The van der Waals surface area contributed by atoms with Gasteiger partial charge in [0.1, 0.15) is 12.2 Å². The molecule has 0 aromatic heterocycles. The molecule has 1 aromatic rings. The number of primary amides is 1. The maximum Gasteiger partial charge on any atom is 0.438 e. The smallest absolute Gasteiger partial charge is 0.318 e. The first-order chi connectivity index (χ1) is 12.8.